The maximum Gasteiger partial charge on any atom is 0.416 e. The number of piperidine rings is 1. The number of hydrogen-bond acceptors (Lipinski definition) is 5. The van der Waals surface area contributed by atoms with Crippen molar-refractivity contribution in [3.63, 3.8) is 0 Å². The summed E-state index contributed by atoms with van der Waals surface area (Å²) >= 11 is 0. The lowest BCUT2D eigenvalue weighted by molar-refractivity contribution is -0.138. The zero-order valence-corrected chi connectivity index (χ0v) is 17.9. The Morgan fingerprint density at radius 2 is 1.81 bits per heavy atom. The van der Waals surface area contributed by atoms with E-state index < -0.39 is 17.6 Å². The number of benzene rings is 1. The van der Waals surface area contributed by atoms with E-state index in [1.807, 2.05) is 0 Å². The van der Waals surface area contributed by atoms with Gasteiger partial charge in [0.2, 0.25) is 5.91 Å². The van der Waals surface area contributed by atoms with E-state index in [2.05, 4.69) is 0 Å². The predicted molar refractivity (Wildman–Crippen MR) is 112 cm³/mol. The number of nitrogens with zero attached hydrogens (tertiary/aromatic N) is 2. The van der Waals surface area contributed by atoms with Crippen LogP contribution in [0.25, 0.3) is 0 Å². The van der Waals surface area contributed by atoms with Crippen LogP contribution in [-0.2, 0) is 20.5 Å². The van der Waals surface area contributed by atoms with Crippen molar-refractivity contribution >= 4 is 17.5 Å². The van der Waals surface area contributed by atoms with Crippen molar-refractivity contribution in [2.24, 2.45) is 5.73 Å². The molecule has 0 unspecified atom stereocenters. The van der Waals surface area contributed by atoms with Crippen molar-refractivity contribution in [2.45, 2.75) is 31.4 Å². The molecule has 1 aromatic carbocycles. The quantitative estimate of drug-likeness (QED) is 0.671. The first kappa shape index (κ1) is 23.8. The van der Waals surface area contributed by atoms with Gasteiger partial charge in [-0.1, -0.05) is 18.2 Å². The third-order valence-corrected chi connectivity index (χ3v) is 6.01. The first-order valence-electron chi connectivity index (χ1n) is 10.4. The molecule has 2 heterocycles. The van der Waals surface area contributed by atoms with Gasteiger partial charge in [0.15, 0.2) is 0 Å². The van der Waals surface area contributed by atoms with Crippen molar-refractivity contribution in [2.75, 3.05) is 39.9 Å². The topological polar surface area (TPSA) is 99.7 Å². The first-order chi connectivity index (χ1) is 15.1. The van der Waals surface area contributed by atoms with Crippen LogP contribution in [0.15, 0.2) is 35.5 Å². The summed E-state index contributed by atoms with van der Waals surface area (Å²) in [5.74, 6) is -1.08. The molecule has 0 spiro atoms. The van der Waals surface area contributed by atoms with E-state index in [0.717, 1.165) is 6.07 Å². The van der Waals surface area contributed by atoms with Gasteiger partial charge in [-0.25, -0.2) is 0 Å². The molecule has 1 fully saturated rings. The van der Waals surface area contributed by atoms with E-state index in [9.17, 15) is 22.8 Å². The van der Waals surface area contributed by atoms with Gasteiger partial charge in [-0.15, -0.1) is 0 Å². The van der Waals surface area contributed by atoms with Gasteiger partial charge in [0.1, 0.15) is 12.3 Å². The Morgan fingerprint density at radius 3 is 2.44 bits per heavy atom. The van der Waals surface area contributed by atoms with E-state index in [-0.39, 0.29) is 49.3 Å². The smallest absolute Gasteiger partial charge is 0.402 e. The molecule has 32 heavy (non-hydrogen) atoms. The average Bonchev–Trinajstić information content (AvgIpc) is 2.78. The lowest BCUT2D eigenvalue weighted by Crippen LogP contribution is -2.46. The highest BCUT2D eigenvalue weighted by molar-refractivity contribution is 6.44. The zero-order chi connectivity index (χ0) is 23.5. The number of halogens is 3. The Morgan fingerprint density at radius 1 is 1.16 bits per heavy atom. The van der Waals surface area contributed by atoms with Crippen LogP contribution in [0.5, 0.6) is 0 Å². The second kappa shape index (κ2) is 9.72. The fourth-order valence-corrected chi connectivity index (χ4v) is 4.24. The zero-order valence-electron chi connectivity index (χ0n) is 17.9. The van der Waals surface area contributed by atoms with Crippen LogP contribution in [0.1, 0.15) is 36.3 Å². The molecule has 10 heteroatoms. The first-order valence-corrected chi connectivity index (χ1v) is 10.4. The number of carbonyl (C=O) groups excluding carboxylic acids is 2. The van der Waals surface area contributed by atoms with E-state index in [1.54, 1.807) is 6.07 Å². The monoisotopic (exact) mass is 452 g/mol. The Labute approximate surface area is 184 Å². The lowest BCUT2D eigenvalue weighted by atomic mass is 9.86. The van der Waals surface area contributed by atoms with Gasteiger partial charge in [-0.2, -0.15) is 13.2 Å². The molecule has 3 N–H and O–H groups in total. The number of alkyl halides is 3. The second-order valence-corrected chi connectivity index (χ2v) is 8.03. The summed E-state index contributed by atoms with van der Waals surface area (Å²) in [7, 11) is 1.41. The molecule has 1 saturated heterocycles. The molecule has 7 nitrogen and oxygen atoms in total. The van der Waals surface area contributed by atoms with Crippen molar-refractivity contribution in [1.82, 2.24) is 9.80 Å². The van der Waals surface area contributed by atoms with Crippen molar-refractivity contribution in [1.29, 1.82) is 5.41 Å². The number of amides is 2. The van der Waals surface area contributed by atoms with Crippen LogP contribution in [0.2, 0.25) is 0 Å². The van der Waals surface area contributed by atoms with Gasteiger partial charge in [-0.05, 0) is 30.4 Å². The lowest BCUT2D eigenvalue weighted by Gasteiger charge is -2.35. The number of rotatable bonds is 5. The molecule has 2 aliphatic heterocycles. The van der Waals surface area contributed by atoms with Crippen LogP contribution < -0.4 is 5.73 Å². The molecule has 174 valence electrons. The van der Waals surface area contributed by atoms with Gasteiger partial charge in [0.05, 0.1) is 5.56 Å². The van der Waals surface area contributed by atoms with Crippen LogP contribution >= 0.6 is 0 Å². The highest BCUT2D eigenvalue weighted by Crippen LogP contribution is 2.38. The van der Waals surface area contributed by atoms with Crippen molar-refractivity contribution < 1.29 is 27.5 Å². The predicted octanol–water partition coefficient (Wildman–Crippen LogP) is 2.52. The number of carbonyl (C=O) groups is 2. The van der Waals surface area contributed by atoms with E-state index in [1.165, 1.54) is 29.0 Å². The molecule has 0 aromatic heterocycles. The van der Waals surface area contributed by atoms with Crippen LogP contribution in [0.4, 0.5) is 13.2 Å². The standard InChI is InChI=1S/C22H27F3N4O3/c1-32-13-19(30)29-11-8-18(26)16(12-29)20(27)21(31)28-9-6-14(7-10-28)15-4-2-3-5-17(15)22(23,24)25/h2-5,14,27H,6-13,26H2,1H3. The SMILES string of the molecule is COCC(=O)N1CCC(N)=C(C(=N)C(=O)N2CCC(c3ccccc3C(F)(F)F)CC2)C1. The van der Waals surface area contributed by atoms with Crippen LogP contribution in [0, 0.1) is 5.41 Å². The molecular weight excluding hydrogens is 425 g/mol. The Balaban J connectivity index is 1.66. The number of nitrogens with two attached hydrogens (primary N) is 1. The summed E-state index contributed by atoms with van der Waals surface area (Å²) in [5.41, 5.74) is 6.08. The third-order valence-electron chi connectivity index (χ3n) is 6.01. The Hall–Kier alpha value is -2.88. The van der Waals surface area contributed by atoms with Gasteiger partial charge in [0.25, 0.3) is 5.91 Å². The summed E-state index contributed by atoms with van der Waals surface area (Å²) in [6, 6.07) is 5.53. The van der Waals surface area contributed by atoms with E-state index in [0.29, 0.717) is 37.1 Å². The minimum absolute atomic E-state index is 0.0635. The van der Waals surface area contributed by atoms with Crippen molar-refractivity contribution in [3.8, 4) is 0 Å². The summed E-state index contributed by atoms with van der Waals surface area (Å²) in [5, 5.41) is 8.37. The van der Waals surface area contributed by atoms with Gasteiger partial charge >= 0.3 is 6.18 Å². The minimum atomic E-state index is -4.43. The van der Waals surface area contributed by atoms with Gasteiger partial charge in [0, 0.05) is 51.0 Å². The number of methoxy groups -OCH3 is 1. The summed E-state index contributed by atoms with van der Waals surface area (Å²) in [6.45, 7) is 0.855. The molecule has 3 rings (SSSR count). The fourth-order valence-electron chi connectivity index (χ4n) is 4.24. The van der Waals surface area contributed by atoms with Gasteiger partial charge in [-0.3, -0.25) is 15.0 Å². The van der Waals surface area contributed by atoms with Crippen LogP contribution in [0.3, 0.4) is 0 Å². The normalized spacial score (nSPS) is 18.1. The average molecular weight is 452 g/mol. The molecule has 2 aliphatic rings. The molecule has 1 aromatic rings. The highest BCUT2D eigenvalue weighted by Gasteiger charge is 2.37. The maximum atomic E-state index is 13.3. The van der Waals surface area contributed by atoms with Gasteiger partial charge < -0.3 is 20.3 Å². The summed E-state index contributed by atoms with van der Waals surface area (Å²) in [6.07, 6.45) is -3.32. The Bertz CT molecular complexity index is 921. The number of nitrogens with one attached hydrogen (secondary N) is 1. The second-order valence-electron chi connectivity index (χ2n) is 8.03. The molecule has 0 atom stereocenters. The highest BCUT2D eigenvalue weighted by atomic mass is 19.4. The molecule has 0 bridgehead atoms. The number of likely N-dealkylation sites (tertiary alicyclic amines) is 1. The third kappa shape index (κ3) is 5.12. The molecule has 0 saturated carbocycles. The van der Waals surface area contributed by atoms with E-state index in [4.69, 9.17) is 15.9 Å². The molecule has 2 amide bonds. The maximum absolute atomic E-state index is 13.3. The number of hydrogen-bond donors (Lipinski definition) is 2. The van der Waals surface area contributed by atoms with E-state index >= 15 is 0 Å². The van der Waals surface area contributed by atoms with Crippen LogP contribution in [-0.4, -0.2) is 67.2 Å². The van der Waals surface area contributed by atoms with Crippen molar-refractivity contribution in [3.05, 3.63) is 46.7 Å². The summed E-state index contributed by atoms with van der Waals surface area (Å²) in [4.78, 5) is 28.0. The molecular formula is C22H27F3N4O3. The minimum Gasteiger partial charge on any atom is -0.402 e. The number of ether oxygens (including phenoxy) is 1. The molecule has 0 radical (unpaired) electrons. The summed E-state index contributed by atoms with van der Waals surface area (Å²) < 4.78 is 44.9. The fraction of sp³-hybridized carbons (Fsp3) is 0.500. The Kier molecular flexibility index (Phi) is 7.22. The largest absolute Gasteiger partial charge is 0.416 e. The molecule has 0 aliphatic carbocycles.